The number of benzene rings is 2. The number of carbonyl (C=O) groups excluding carboxylic acids is 1. The van der Waals surface area contributed by atoms with E-state index in [-0.39, 0.29) is 17.8 Å². The molecule has 2 aliphatic rings. The van der Waals surface area contributed by atoms with Gasteiger partial charge in [0.25, 0.3) is 0 Å². The minimum Gasteiger partial charge on any atom is -0.469 e. The molecular weight excluding hydrogens is 334 g/mol. The fourth-order valence-electron chi connectivity index (χ4n) is 5.13. The van der Waals surface area contributed by atoms with E-state index in [0.717, 1.165) is 25.7 Å². The molecule has 3 heteroatoms. The van der Waals surface area contributed by atoms with Crippen molar-refractivity contribution in [1.82, 2.24) is 4.90 Å². The molecule has 2 aromatic rings. The number of aryl methyl sites for hydroxylation is 2. The monoisotopic (exact) mass is 363 g/mol. The molecule has 0 spiro atoms. The molecule has 4 atom stereocenters. The van der Waals surface area contributed by atoms with Crippen LogP contribution in [0.4, 0.5) is 0 Å². The zero-order valence-electron chi connectivity index (χ0n) is 16.3. The Hall–Kier alpha value is -2.13. The number of ether oxygens (including phenoxy) is 1. The summed E-state index contributed by atoms with van der Waals surface area (Å²) in [5, 5.41) is 0. The first kappa shape index (κ1) is 18.2. The van der Waals surface area contributed by atoms with E-state index in [9.17, 15) is 4.79 Å². The lowest BCUT2D eigenvalue weighted by molar-refractivity contribution is -0.150. The first-order chi connectivity index (χ1) is 13.2. The summed E-state index contributed by atoms with van der Waals surface area (Å²) in [4.78, 5) is 15.0. The van der Waals surface area contributed by atoms with Gasteiger partial charge >= 0.3 is 5.97 Å². The van der Waals surface area contributed by atoms with Gasteiger partial charge in [-0.15, -0.1) is 0 Å². The number of esters is 1. The number of fused-ring (bicyclic) bond motifs is 2. The van der Waals surface area contributed by atoms with Crippen molar-refractivity contribution in [3.8, 4) is 0 Å². The number of nitrogens with zero attached hydrogens (tertiary/aromatic N) is 1. The molecule has 0 N–H and O–H groups in total. The van der Waals surface area contributed by atoms with Gasteiger partial charge in [-0.25, -0.2) is 0 Å². The van der Waals surface area contributed by atoms with Gasteiger partial charge in [0.15, 0.2) is 0 Å². The van der Waals surface area contributed by atoms with Crippen molar-refractivity contribution in [2.45, 2.75) is 50.1 Å². The van der Waals surface area contributed by atoms with E-state index < -0.39 is 0 Å². The Labute approximate surface area is 162 Å². The predicted molar refractivity (Wildman–Crippen MR) is 108 cm³/mol. The third-order valence-electron chi connectivity index (χ3n) is 6.70. The Kier molecular flexibility index (Phi) is 5.31. The summed E-state index contributed by atoms with van der Waals surface area (Å²) in [6.45, 7) is 0. The molecule has 2 unspecified atom stereocenters. The number of hydrogen-bond acceptors (Lipinski definition) is 3. The van der Waals surface area contributed by atoms with Crippen LogP contribution in [0.5, 0.6) is 0 Å². The third-order valence-corrected chi connectivity index (χ3v) is 6.70. The van der Waals surface area contributed by atoms with Gasteiger partial charge in [0.1, 0.15) is 0 Å². The first-order valence-corrected chi connectivity index (χ1v) is 10.1. The molecule has 0 radical (unpaired) electrons. The molecule has 2 aromatic carbocycles. The lowest BCUT2D eigenvalue weighted by Crippen LogP contribution is -2.49. The van der Waals surface area contributed by atoms with E-state index in [1.807, 2.05) is 0 Å². The van der Waals surface area contributed by atoms with Gasteiger partial charge in [-0.3, -0.25) is 9.69 Å². The van der Waals surface area contributed by atoms with E-state index in [4.69, 9.17) is 4.74 Å². The van der Waals surface area contributed by atoms with Crippen LogP contribution in [0.15, 0.2) is 54.6 Å². The van der Waals surface area contributed by atoms with E-state index in [1.165, 1.54) is 30.2 Å². The lowest BCUT2D eigenvalue weighted by atomic mass is 9.76. The molecule has 4 rings (SSSR count). The number of hydrogen-bond donors (Lipinski definition) is 0. The van der Waals surface area contributed by atoms with Gasteiger partial charge in [0.2, 0.25) is 0 Å². The second-order valence-corrected chi connectivity index (χ2v) is 8.08. The average Bonchev–Trinajstić information content (AvgIpc) is 2.95. The van der Waals surface area contributed by atoms with Gasteiger partial charge in [0.05, 0.1) is 13.0 Å². The normalized spacial score (nSPS) is 27.5. The van der Waals surface area contributed by atoms with Crippen LogP contribution in [0.3, 0.4) is 0 Å². The fraction of sp³-hybridized carbons (Fsp3) is 0.458. The Bertz CT molecular complexity index is 771. The molecule has 2 aliphatic heterocycles. The highest BCUT2D eigenvalue weighted by Crippen LogP contribution is 2.46. The van der Waals surface area contributed by atoms with Crippen LogP contribution >= 0.6 is 0 Å². The molecule has 2 saturated heterocycles. The summed E-state index contributed by atoms with van der Waals surface area (Å²) in [6, 6.07) is 20.5. The van der Waals surface area contributed by atoms with Crippen molar-refractivity contribution >= 4 is 5.97 Å². The lowest BCUT2D eigenvalue weighted by Gasteiger charge is -2.41. The fourth-order valence-corrected chi connectivity index (χ4v) is 5.13. The smallest absolute Gasteiger partial charge is 0.310 e. The molecule has 2 bridgehead atoms. The highest BCUT2D eigenvalue weighted by Gasteiger charge is 2.49. The summed E-state index contributed by atoms with van der Waals surface area (Å²) in [7, 11) is 3.69. The van der Waals surface area contributed by atoms with E-state index in [0.29, 0.717) is 12.1 Å². The van der Waals surface area contributed by atoms with Gasteiger partial charge in [0, 0.05) is 18.0 Å². The Morgan fingerprint density at radius 3 is 2.33 bits per heavy atom. The quantitative estimate of drug-likeness (QED) is 0.745. The molecule has 27 heavy (non-hydrogen) atoms. The first-order valence-electron chi connectivity index (χ1n) is 10.1. The number of rotatable bonds is 5. The van der Waals surface area contributed by atoms with E-state index >= 15 is 0 Å². The van der Waals surface area contributed by atoms with Crippen molar-refractivity contribution in [2.75, 3.05) is 14.2 Å². The van der Waals surface area contributed by atoms with Crippen LogP contribution in [-0.2, 0) is 22.4 Å². The zero-order valence-corrected chi connectivity index (χ0v) is 16.3. The second-order valence-electron chi connectivity index (χ2n) is 8.08. The van der Waals surface area contributed by atoms with E-state index in [1.54, 1.807) is 0 Å². The summed E-state index contributed by atoms with van der Waals surface area (Å²) in [6.07, 6.45) is 5.45. The molecule has 0 saturated carbocycles. The van der Waals surface area contributed by atoms with Crippen LogP contribution in [0, 0.1) is 5.92 Å². The molecule has 2 heterocycles. The topological polar surface area (TPSA) is 29.5 Å². The van der Waals surface area contributed by atoms with Crippen molar-refractivity contribution < 1.29 is 9.53 Å². The van der Waals surface area contributed by atoms with Crippen molar-refractivity contribution in [1.29, 1.82) is 0 Å². The Morgan fingerprint density at radius 2 is 1.67 bits per heavy atom. The van der Waals surface area contributed by atoms with Crippen molar-refractivity contribution in [2.24, 2.45) is 5.92 Å². The minimum absolute atomic E-state index is 0.0473. The number of methoxy groups -OCH3 is 1. The third kappa shape index (κ3) is 3.66. The predicted octanol–water partition coefficient (Wildman–Crippen LogP) is 4.21. The number of piperidine rings is 1. The summed E-state index contributed by atoms with van der Waals surface area (Å²) < 4.78 is 5.19. The maximum atomic E-state index is 12.6. The maximum Gasteiger partial charge on any atom is 0.310 e. The Balaban J connectivity index is 1.49. The highest BCUT2D eigenvalue weighted by molar-refractivity contribution is 5.75. The molecule has 0 aliphatic carbocycles. The molecule has 0 aromatic heterocycles. The average molecular weight is 364 g/mol. The minimum atomic E-state index is -0.0506. The Morgan fingerprint density at radius 1 is 1.00 bits per heavy atom. The molecule has 142 valence electrons. The van der Waals surface area contributed by atoms with Crippen molar-refractivity contribution in [3.05, 3.63) is 71.3 Å². The molecular formula is C24H29NO2. The van der Waals surface area contributed by atoms with Crippen LogP contribution < -0.4 is 0 Å². The SMILES string of the molecule is COC(=O)C1[C@@H](c2ccc(CCc3ccccc3)cc2)CC2CC[C@H]1N2C. The van der Waals surface area contributed by atoms with Gasteiger partial charge in [-0.05, 0) is 55.8 Å². The molecule has 0 amide bonds. The van der Waals surface area contributed by atoms with Gasteiger partial charge < -0.3 is 4.74 Å². The van der Waals surface area contributed by atoms with Crippen LogP contribution in [0.1, 0.15) is 41.9 Å². The van der Waals surface area contributed by atoms with Crippen LogP contribution in [-0.4, -0.2) is 37.1 Å². The highest BCUT2D eigenvalue weighted by atomic mass is 16.5. The zero-order chi connectivity index (χ0) is 18.8. The maximum absolute atomic E-state index is 12.6. The summed E-state index contributed by atoms with van der Waals surface area (Å²) in [5.74, 6) is 0.175. The van der Waals surface area contributed by atoms with Gasteiger partial charge in [-0.2, -0.15) is 0 Å². The summed E-state index contributed by atoms with van der Waals surface area (Å²) >= 11 is 0. The van der Waals surface area contributed by atoms with Gasteiger partial charge in [-0.1, -0.05) is 54.6 Å². The van der Waals surface area contributed by atoms with Crippen LogP contribution in [0.25, 0.3) is 0 Å². The van der Waals surface area contributed by atoms with E-state index in [2.05, 4.69) is 66.5 Å². The van der Waals surface area contributed by atoms with Crippen molar-refractivity contribution in [3.63, 3.8) is 0 Å². The molecule has 2 fully saturated rings. The largest absolute Gasteiger partial charge is 0.469 e. The molecule has 3 nitrogen and oxygen atoms in total. The summed E-state index contributed by atoms with van der Waals surface area (Å²) in [5.41, 5.74) is 4.02. The second kappa shape index (κ2) is 7.85. The standard InChI is InChI=1S/C24H29NO2/c1-25-20-14-15-22(25)23(24(26)27-2)21(16-20)19-12-10-18(11-13-19)9-8-17-6-4-3-5-7-17/h3-7,10-13,20-23H,8-9,14-16H2,1-2H3/t20?,21-,22-,23?/m1/s1. The van der Waals surface area contributed by atoms with Crippen LogP contribution in [0.2, 0.25) is 0 Å². The number of carbonyl (C=O) groups is 1.